The summed E-state index contributed by atoms with van der Waals surface area (Å²) in [5.41, 5.74) is 1.39. The van der Waals surface area contributed by atoms with Gasteiger partial charge >= 0.3 is 7.12 Å². The highest BCUT2D eigenvalue weighted by Gasteiger charge is 2.15. The van der Waals surface area contributed by atoms with Gasteiger partial charge in [-0.2, -0.15) is 0 Å². The summed E-state index contributed by atoms with van der Waals surface area (Å²) in [7, 11) is -1.44. The molecule has 0 aliphatic rings. The van der Waals surface area contributed by atoms with Crippen LogP contribution in [0.15, 0.2) is 48.7 Å². The van der Waals surface area contributed by atoms with Crippen LogP contribution in [0.2, 0.25) is 0 Å². The molecule has 0 unspecified atom stereocenters. The fourth-order valence-corrected chi connectivity index (χ4v) is 1.43. The molecule has 0 amide bonds. The normalized spacial score (nSPS) is 10.1. The zero-order chi connectivity index (χ0) is 9.97. The molecular formula is C10H10BNO2. The van der Waals surface area contributed by atoms with E-state index < -0.39 is 7.12 Å². The first-order valence-corrected chi connectivity index (χ1v) is 4.38. The first kappa shape index (κ1) is 9.06. The quantitative estimate of drug-likeness (QED) is 0.657. The molecular weight excluding hydrogens is 177 g/mol. The summed E-state index contributed by atoms with van der Waals surface area (Å²) in [5, 5.41) is 18.2. The smallest absolute Gasteiger partial charge is 0.422 e. The van der Waals surface area contributed by atoms with Gasteiger partial charge < -0.3 is 14.6 Å². The minimum absolute atomic E-state index is 0.469. The van der Waals surface area contributed by atoms with Crippen LogP contribution >= 0.6 is 0 Å². The molecule has 0 saturated heterocycles. The molecule has 0 atom stereocenters. The molecule has 0 bridgehead atoms. The number of benzene rings is 1. The number of rotatable bonds is 2. The predicted molar refractivity (Wildman–Crippen MR) is 55.6 cm³/mol. The summed E-state index contributed by atoms with van der Waals surface area (Å²) in [6, 6.07) is 13.0. The third-order valence-corrected chi connectivity index (χ3v) is 2.08. The molecule has 70 valence electrons. The summed E-state index contributed by atoms with van der Waals surface area (Å²) in [6.07, 6.45) is 1.80. The molecule has 1 heterocycles. The van der Waals surface area contributed by atoms with Gasteiger partial charge in [0.25, 0.3) is 0 Å². The van der Waals surface area contributed by atoms with Gasteiger partial charge in [0.15, 0.2) is 0 Å². The maximum absolute atomic E-state index is 9.09. The second-order valence-electron chi connectivity index (χ2n) is 3.01. The van der Waals surface area contributed by atoms with Crippen molar-refractivity contribution in [2.75, 3.05) is 0 Å². The van der Waals surface area contributed by atoms with Crippen LogP contribution in [0.25, 0.3) is 5.69 Å². The van der Waals surface area contributed by atoms with Crippen LogP contribution in [0.3, 0.4) is 0 Å². The fourth-order valence-electron chi connectivity index (χ4n) is 1.43. The molecule has 1 aromatic carbocycles. The van der Waals surface area contributed by atoms with Crippen molar-refractivity contribution in [1.29, 1.82) is 0 Å². The first-order valence-electron chi connectivity index (χ1n) is 4.38. The Morgan fingerprint density at radius 1 is 0.929 bits per heavy atom. The van der Waals surface area contributed by atoms with E-state index in [1.807, 2.05) is 30.3 Å². The van der Waals surface area contributed by atoms with Gasteiger partial charge in [0.1, 0.15) is 0 Å². The largest absolute Gasteiger partial charge is 0.506 e. The molecule has 0 saturated carbocycles. The fraction of sp³-hybridized carbons (Fsp3) is 0. The molecule has 14 heavy (non-hydrogen) atoms. The van der Waals surface area contributed by atoms with Crippen LogP contribution in [-0.2, 0) is 0 Å². The van der Waals surface area contributed by atoms with Crippen LogP contribution in [0.5, 0.6) is 0 Å². The Labute approximate surface area is 82.4 Å². The van der Waals surface area contributed by atoms with E-state index in [1.54, 1.807) is 22.9 Å². The Kier molecular flexibility index (Phi) is 2.39. The average Bonchev–Trinajstić information content (AvgIpc) is 2.67. The monoisotopic (exact) mass is 187 g/mol. The van der Waals surface area contributed by atoms with Crippen molar-refractivity contribution in [2.45, 2.75) is 0 Å². The minimum atomic E-state index is -1.44. The second kappa shape index (κ2) is 3.70. The summed E-state index contributed by atoms with van der Waals surface area (Å²) < 4.78 is 1.74. The number of hydrogen-bond acceptors (Lipinski definition) is 2. The molecule has 1 aromatic heterocycles. The lowest BCUT2D eigenvalue weighted by Gasteiger charge is -2.07. The third-order valence-electron chi connectivity index (χ3n) is 2.08. The standard InChI is InChI=1S/C10H10BNO2/c13-11(14)10-7-4-8-12(10)9-5-2-1-3-6-9/h1-8,13-14H. The highest BCUT2D eigenvalue weighted by molar-refractivity contribution is 6.57. The van der Waals surface area contributed by atoms with Crippen molar-refractivity contribution < 1.29 is 10.0 Å². The highest BCUT2D eigenvalue weighted by atomic mass is 16.4. The van der Waals surface area contributed by atoms with Crippen LogP contribution in [-0.4, -0.2) is 21.7 Å². The molecule has 3 nitrogen and oxygen atoms in total. The molecule has 0 radical (unpaired) electrons. The Morgan fingerprint density at radius 2 is 1.64 bits per heavy atom. The van der Waals surface area contributed by atoms with E-state index in [2.05, 4.69) is 0 Å². The molecule has 2 aromatic rings. The van der Waals surface area contributed by atoms with Gasteiger partial charge in [0.05, 0.1) is 5.59 Å². The zero-order valence-electron chi connectivity index (χ0n) is 7.54. The molecule has 0 spiro atoms. The van der Waals surface area contributed by atoms with Crippen LogP contribution in [0.4, 0.5) is 0 Å². The second-order valence-corrected chi connectivity index (χ2v) is 3.01. The molecule has 4 heteroatoms. The van der Waals surface area contributed by atoms with Gasteiger partial charge in [-0.1, -0.05) is 18.2 Å². The molecule has 2 rings (SSSR count). The lowest BCUT2D eigenvalue weighted by molar-refractivity contribution is 0.423. The Bertz CT molecular complexity index is 411. The van der Waals surface area contributed by atoms with Crippen LogP contribution in [0, 0.1) is 0 Å². The first-order chi connectivity index (χ1) is 6.79. The molecule has 2 N–H and O–H groups in total. The summed E-state index contributed by atoms with van der Waals surface area (Å²) in [5.74, 6) is 0. The lowest BCUT2D eigenvalue weighted by atomic mass is 9.86. The predicted octanol–water partition coefficient (Wildman–Crippen LogP) is 0.157. The van der Waals surface area contributed by atoms with E-state index in [4.69, 9.17) is 10.0 Å². The van der Waals surface area contributed by atoms with E-state index in [0.717, 1.165) is 5.69 Å². The van der Waals surface area contributed by atoms with Crippen molar-refractivity contribution in [3.8, 4) is 5.69 Å². The van der Waals surface area contributed by atoms with E-state index >= 15 is 0 Å². The lowest BCUT2D eigenvalue weighted by Crippen LogP contribution is -2.35. The maximum Gasteiger partial charge on any atom is 0.506 e. The van der Waals surface area contributed by atoms with Gasteiger partial charge in [-0.3, -0.25) is 0 Å². The number of hydrogen-bond donors (Lipinski definition) is 2. The number of nitrogens with zero attached hydrogens (tertiary/aromatic N) is 1. The van der Waals surface area contributed by atoms with Crippen molar-refractivity contribution in [3.63, 3.8) is 0 Å². The Balaban J connectivity index is 2.47. The van der Waals surface area contributed by atoms with Gasteiger partial charge in [0, 0.05) is 11.9 Å². The Morgan fingerprint density at radius 3 is 2.29 bits per heavy atom. The van der Waals surface area contributed by atoms with Gasteiger partial charge in [-0.25, -0.2) is 0 Å². The summed E-state index contributed by atoms with van der Waals surface area (Å²) >= 11 is 0. The molecule has 0 fully saturated rings. The zero-order valence-corrected chi connectivity index (χ0v) is 7.54. The Hall–Kier alpha value is -1.52. The van der Waals surface area contributed by atoms with Crippen molar-refractivity contribution in [1.82, 2.24) is 4.57 Å². The van der Waals surface area contributed by atoms with Crippen LogP contribution < -0.4 is 5.59 Å². The topological polar surface area (TPSA) is 45.4 Å². The van der Waals surface area contributed by atoms with E-state index in [0.29, 0.717) is 5.59 Å². The van der Waals surface area contributed by atoms with Gasteiger partial charge in [-0.05, 0) is 24.3 Å². The van der Waals surface area contributed by atoms with Gasteiger partial charge in [0.2, 0.25) is 0 Å². The number of aromatic nitrogens is 1. The summed E-state index contributed by atoms with van der Waals surface area (Å²) in [4.78, 5) is 0. The van der Waals surface area contributed by atoms with Crippen molar-refractivity contribution in [3.05, 3.63) is 48.7 Å². The van der Waals surface area contributed by atoms with Crippen molar-refractivity contribution in [2.24, 2.45) is 0 Å². The van der Waals surface area contributed by atoms with Crippen LogP contribution in [0.1, 0.15) is 0 Å². The SMILES string of the molecule is OB(O)c1cccn1-c1ccccc1. The maximum atomic E-state index is 9.09. The van der Waals surface area contributed by atoms with E-state index in [-0.39, 0.29) is 0 Å². The highest BCUT2D eigenvalue weighted by Crippen LogP contribution is 2.05. The average molecular weight is 187 g/mol. The molecule has 0 aliphatic carbocycles. The van der Waals surface area contributed by atoms with Gasteiger partial charge in [-0.15, -0.1) is 0 Å². The van der Waals surface area contributed by atoms with Crippen molar-refractivity contribution >= 4 is 12.7 Å². The summed E-state index contributed by atoms with van der Waals surface area (Å²) in [6.45, 7) is 0. The minimum Gasteiger partial charge on any atom is -0.422 e. The van der Waals surface area contributed by atoms with E-state index in [1.165, 1.54) is 0 Å². The number of para-hydroxylation sites is 1. The third kappa shape index (κ3) is 1.57. The van der Waals surface area contributed by atoms with E-state index in [9.17, 15) is 0 Å². The molecule has 0 aliphatic heterocycles.